The number of benzene rings is 2. The van der Waals surface area contributed by atoms with E-state index in [1.165, 1.54) is 60.4 Å². The van der Waals surface area contributed by atoms with Gasteiger partial charge in [0.15, 0.2) is 0 Å². The SMILES string of the molecule is Brc1cc2cc3cccc4c3c-2[c]([nH]1)[Zr+2][c]1[nH]c(Br)cc2cc3cccc(c3c1-2)S4.[Cl-].[Cl-]. The fraction of sp³-hybridized carbons (Fsp3) is 0. The first-order valence-corrected chi connectivity index (χ1v) is 14.4. The van der Waals surface area contributed by atoms with Crippen LogP contribution >= 0.6 is 43.6 Å². The first-order valence-electron chi connectivity index (χ1n) is 9.58. The zero-order chi connectivity index (χ0) is 20.0. The Morgan fingerprint density at radius 2 is 1.12 bits per heavy atom. The van der Waals surface area contributed by atoms with Crippen LogP contribution in [0.2, 0.25) is 0 Å². The fourth-order valence-electron chi connectivity index (χ4n) is 4.72. The van der Waals surface area contributed by atoms with E-state index >= 15 is 0 Å². The Labute approximate surface area is 229 Å². The van der Waals surface area contributed by atoms with Crippen molar-refractivity contribution in [2.45, 2.75) is 9.79 Å². The number of hydrogen-bond donors (Lipinski definition) is 2. The number of rotatable bonds is 0. The summed E-state index contributed by atoms with van der Waals surface area (Å²) in [4.78, 5) is 10.1. The van der Waals surface area contributed by atoms with Crippen molar-refractivity contribution in [3.8, 4) is 22.3 Å². The van der Waals surface area contributed by atoms with Crippen molar-refractivity contribution >= 4 is 72.0 Å². The average molecular weight is 682 g/mol. The molecule has 7 rings (SSSR count). The Kier molecular flexibility index (Phi) is 6.10. The summed E-state index contributed by atoms with van der Waals surface area (Å²) in [7, 11) is 0. The minimum atomic E-state index is -1.17. The van der Waals surface area contributed by atoms with Gasteiger partial charge < -0.3 is 24.8 Å². The third-order valence-corrected chi connectivity index (χ3v) is 10.9. The van der Waals surface area contributed by atoms with E-state index in [4.69, 9.17) is 0 Å². The molecular formula is C24H12Br2Cl2N2SZr. The number of H-pyrrole nitrogens is 2. The number of hydrogen-bond acceptors (Lipinski definition) is 1. The molecule has 32 heavy (non-hydrogen) atoms. The fourth-order valence-corrected chi connectivity index (χ4v) is 11.2. The molecule has 156 valence electrons. The Morgan fingerprint density at radius 1 is 0.656 bits per heavy atom. The molecule has 2 aliphatic carbocycles. The van der Waals surface area contributed by atoms with Gasteiger partial charge in [0.1, 0.15) is 0 Å². The molecule has 2 aromatic carbocycles. The van der Waals surface area contributed by atoms with Gasteiger partial charge >= 0.3 is 207 Å². The van der Waals surface area contributed by atoms with E-state index in [9.17, 15) is 0 Å². The third-order valence-electron chi connectivity index (χ3n) is 5.84. The second-order valence-electron chi connectivity index (χ2n) is 7.60. The van der Waals surface area contributed by atoms with Crippen LogP contribution < -0.4 is 31.6 Å². The molecule has 0 saturated heterocycles. The number of pyridine rings is 2. The molecule has 5 aliphatic rings. The van der Waals surface area contributed by atoms with E-state index in [0.29, 0.717) is 0 Å². The maximum atomic E-state index is 3.73. The minimum absolute atomic E-state index is 0. The van der Waals surface area contributed by atoms with E-state index in [1.807, 2.05) is 11.8 Å². The van der Waals surface area contributed by atoms with Gasteiger partial charge in [-0.15, -0.1) is 0 Å². The van der Waals surface area contributed by atoms with Crippen LogP contribution in [-0.2, 0) is 23.2 Å². The van der Waals surface area contributed by atoms with Crippen molar-refractivity contribution in [2.24, 2.45) is 0 Å². The van der Waals surface area contributed by atoms with Crippen LogP contribution in [0.1, 0.15) is 0 Å². The van der Waals surface area contributed by atoms with E-state index in [1.54, 1.807) is 0 Å². The van der Waals surface area contributed by atoms with Crippen molar-refractivity contribution in [3.05, 3.63) is 69.9 Å². The number of aromatic nitrogens is 2. The zero-order valence-corrected chi connectivity index (χ0v) is 24.2. The summed E-state index contributed by atoms with van der Waals surface area (Å²) in [5.74, 6) is 0. The zero-order valence-electron chi connectivity index (χ0n) is 16.2. The van der Waals surface area contributed by atoms with Gasteiger partial charge in [-0.2, -0.15) is 0 Å². The molecule has 0 fully saturated rings. The maximum absolute atomic E-state index is 3.73. The van der Waals surface area contributed by atoms with Gasteiger partial charge in [-0.3, -0.25) is 0 Å². The Bertz CT molecular complexity index is 1480. The molecule has 2 aromatic rings. The Morgan fingerprint density at radius 3 is 1.59 bits per heavy atom. The molecule has 0 unspecified atom stereocenters. The smallest absolute Gasteiger partial charge is 1.00 e. The molecule has 0 aromatic heterocycles. The number of aromatic amines is 2. The van der Waals surface area contributed by atoms with Gasteiger partial charge in [-0.05, 0) is 0 Å². The van der Waals surface area contributed by atoms with Crippen LogP contribution in [0.15, 0.2) is 79.7 Å². The molecule has 0 radical (unpaired) electrons. The van der Waals surface area contributed by atoms with E-state index < -0.39 is 23.2 Å². The molecule has 2 nitrogen and oxygen atoms in total. The molecule has 8 heteroatoms. The van der Waals surface area contributed by atoms with Crippen LogP contribution in [0, 0.1) is 0 Å². The van der Waals surface area contributed by atoms with Crippen molar-refractivity contribution < 1.29 is 48.0 Å². The molecule has 0 saturated carbocycles. The molecular weight excluding hydrogens is 670 g/mol. The maximum Gasteiger partial charge on any atom is -1.00 e. The summed E-state index contributed by atoms with van der Waals surface area (Å²) >= 11 is 8.18. The summed E-state index contributed by atoms with van der Waals surface area (Å²) < 4.78 is 4.89. The minimum Gasteiger partial charge on any atom is -1.00 e. The first-order chi connectivity index (χ1) is 14.7. The van der Waals surface area contributed by atoms with Crippen LogP contribution in [0.5, 0.6) is 0 Å². The van der Waals surface area contributed by atoms with E-state index in [-0.39, 0.29) is 24.8 Å². The van der Waals surface area contributed by atoms with Gasteiger partial charge in [0.2, 0.25) is 0 Å². The van der Waals surface area contributed by atoms with Gasteiger partial charge in [-0.1, -0.05) is 0 Å². The quantitative estimate of drug-likeness (QED) is 0.229. The molecule has 0 spiro atoms. The van der Waals surface area contributed by atoms with Crippen LogP contribution in [0.25, 0.3) is 43.8 Å². The standard InChI is InChI=1S/C24H12Br2N2S.2ClH.Zr/c25-21-9-15-7-13-3-1-5-19(23(13)17(15)11-27-21)29-20-6-2-4-14-8-16-10-22(26)28-12-18(16)24(14)20;;;/h1-10,27-28H;2*1H;/q;;;+2/p-2. The monoisotopic (exact) mass is 678 g/mol. The van der Waals surface area contributed by atoms with E-state index in [2.05, 4.69) is 102 Å². The Hall–Kier alpha value is -0.747. The molecule has 3 heterocycles. The van der Waals surface area contributed by atoms with Gasteiger partial charge in [0.05, 0.1) is 0 Å². The molecule has 0 atom stereocenters. The van der Waals surface area contributed by atoms with Crippen LogP contribution in [0.3, 0.4) is 0 Å². The summed E-state index contributed by atoms with van der Waals surface area (Å²) in [5, 5.41) is 5.41. The Balaban J connectivity index is 0.00000108. The normalized spacial score (nSPS) is 12.1. The predicted molar refractivity (Wildman–Crippen MR) is 129 cm³/mol. The van der Waals surface area contributed by atoms with Crippen molar-refractivity contribution in [1.82, 2.24) is 9.97 Å². The molecule has 0 bridgehead atoms. The summed E-state index contributed by atoms with van der Waals surface area (Å²) in [6.07, 6.45) is 0. The van der Waals surface area contributed by atoms with Gasteiger partial charge in [0.25, 0.3) is 0 Å². The van der Waals surface area contributed by atoms with Crippen molar-refractivity contribution in [2.75, 3.05) is 0 Å². The van der Waals surface area contributed by atoms with Crippen molar-refractivity contribution in [1.29, 1.82) is 0 Å². The second kappa shape index (κ2) is 8.48. The van der Waals surface area contributed by atoms with Gasteiger partial charge in [-0.25, -0.2) is 0 Å². The average Bonchev–Trinajstić information content (AvgIpc) is 3.26. The molecule has 0 amide bonds. The van der Waals surface area contributed by atoms with Crippen LogP contribution in [-0.4, -0.2) is 9.97 Å². The van der Waals surface area contributed by atoms with E-state index in [0.717, 1.165) is 9.21 Å². The predicted octanol–water partition coefficient (Wildman–Crippen LogP) is 0.890. The molecule has 3 aliphatic heterocycles. The first kappa shape index (κ1) is 23.0. The third kappa shape index (κ3) is 3.37. The molecule has 2 N–H and O–H groups in total. The topological polar surface area (TPSA) is 31.6 Å². The summed E-state index contributed by atoms with van der Waals surface area (Å²) in [6, 6.07) is 22.5. The summed E-state index contributed by atoms with van der Waals surface area (Å²) in [5.41, 5.74) is 5.41. The van der Waals surface area contributed by atoms with Gasteiger partial charge in [0, 0.05) is 0 Å². The van der Waals surface area contributed by atoms with Crippen molar-refractivity contribution in [3.63, 3.8) is 0 Å². The summed E-state index contributed by atoms with van der Waals surface area (Å²) in [6.45, 7) is 0. The number of nitrogens with one attached hydrogen (secondary N) is 2. The second-order valence-corrected chi connectivity index (χ2v) is 13.5. The number of halogens is 4. The largest absolute Gasteiger partial charge is 1.00 e. The van der Waals surface area contributed by atoms with Crippen LogP contribution in [0.4, 0.5) is 0 Å².